The molecular formula is C17H14F3N3O2S. The average molecular weight is 381 g/mol. The lowest BCUT2D eigenvalue weighted by atomic mass is 10.1. The number of nitrogens with two attached hydrogens (primary N) is 1. The first kappa shape index (κ1) is 18.2. The maximum atomic E-state index is 13.1. The summed E-state index contributed by atoms with van der Waals surface area (Å²) in [5.74, 6) is 0. The fraction of sp³-hybridized carbons (Fsp3) is 0.118. The molecule has 5 nitrogen and oxygen atoms in total. The van der Waals surface area contributed by atoms with E-state index < -0.39 is 21.9 Å². The summed E-state index contributed by atoms with van der Waals surface area (Å²) in [6.07, 6.45) is -4.35. The van der Waals surface area contributed by atoms with E-state index in [-0.39, 0.29) is 11.3 Å². The Morgan fingerprint density at radius 1 is 1.00 bits per heavy atom. The van der Waals surface area contributed by atoms with Gasteiger partial charge in [-0.25, -0.2) is 18.2 Å². The first-order valence-corrected chi connectivity index (χ1v) is 9.02. The number of sulfonamides is 1. The van der Waals surface area contributed by atoms with Crippen molar-refractivity contribution in [3.63, 3.8) is 0 Å². The van der Waals surface area contributed by atoms with Gasteiger partial charge in [-0.1, -0.05) is 30.3 Å². The van der Waals surface area contributed by atoms with E-state index in [1.165, 1.54) is 24.3 Å². The van der Waals surface area contributed by atoms with E-state index >= 15 is 0 Å². The summed E-state index contributed by atoms with van der Waals surface area (Å²) in [5, 5.41) is 8.69. The summed E-state index contributed by atoms with van der Waals surface area (Å²) in [7, 11) is -3.89. The first-order chi connectivity index (χ1) is 12.1. The number of hydrogen-bond donors (Lipinski definition) is 1. The molecule has 0 amide bonds. The van der Waals surface area contributed by atoms with Crippen LogP contribution < -0.4 is 5.14 Å². The lowest BCUT2D eigenvalue weighted by molar-refractivity contribution is -0.141. The fourth-order valence-corrected chi connectivity index (χ4v) is 3.01. The Hall–Kier alpha value is -2.65. The van der Waals surface area contributed by atoms with Crippen LogP contribution in [0.4, 0.5) is 13.2 Å². The number of primary sulfonamides is 1. The number of rotatable bonds is 4. The monoisotopic (exact) mass is 381 g/mol. The topological polar surface area (TPSA) is 78.0 Å². The molecule has 0 radical (unpaired) electrons. The van der Waals surface area contributed by atoms with Gasteiger partial charge in [0.05, 0.1) is 10.6 Å². The predicted octanol–water partition coefficient (Wildman–Crippen LogP) is 3.13. The van der Waals surface area contributed by atoms with Crippen LogP contribution in [0.2, 0.25) is 0 Å². The van der Waals surface area contributed by atoms with E-state index in [0.29, 0.717) is 11.4 Å². The number of alkyl halides is 3. The van der Waals surface area contributed by atoms with Crippen molar-refractivity contribution in [2.75, 3.05) is 0 Å². The smallest absolute Gasteiger partial charge is 0.237 e. The van der Waals surface area contributed by atoms with Gasteiger partial charge in [0, 0.05) is 12.1 Å². The van der Waals surface area contributed by atoms with Gasteiger partial charge in [-0.15, -0.1) is 0 Å². The van der Waals surface area contributed by atoms with Crippen molar-refractivity contribution in [2.24, 2.45) is 5.14 Å². The van der Waals surface area contributed by atoms with Crippen molar-refractivity contribution in [3.8, 4) is 5.69 Å². The Balaban J connectivity index is 2.06. The molecule has 0 unspecified atom stereocenters. The molecule has 0 aliphatic rings. The molecule has 2 aromatic carbocycles. The van der Waals surface area contributed by atoms with Crippen LogP contribution in [0.1, 0.15) is 17.0 Å². The zero-order valence-corrected chi connectivity index (χ0v) is 14.1. The molecule has 2 N–H and O–H groups in total. The molecule has 3 aromatic rings. The second kappa shape index (κ2) is 6.58. The average Bonchev–Trinajstić information content (AvgIpc) is 2.99. The fourth-order valence-electron chi connectivity index (χ4n) is 2.49. The molecule has 0 aliphatic carbocycles. The van der Waals surface area contributed by atoms with E-state index in [4.69, 9.17) is 5.14 Å². The van der Waals surface area contributed by atoms with Crippen LogP contribution in [-0.2, 0) is 22.6 Å². The predicted molar refractivity (Wildman–Crippen MR) is 89.2 cm³/mol. The normalized spacial score (nSPS) is 12.3. The summed E-state index contributed by atoms with van der Waals surface area (Å²) >= 11 is 0. The molecule has 0 spiro atoms. The van der Waals surface area contributed by atoms with E-state index in [1.807, 2.05) is 6.07 Å². The quantitative estimate of drug-likeness (QED) is 0.754. The van der Waals surface area contributed by atoms with E-state index in [0.717, 1.165) is 16.3 Å². The van der Waals surface area contributed by atoms with Crippen LogP contribution in [0.3, 0.4) is 0 Å². The maximum absolute atomic E-state index is 13.1. The van der Waals surface area contributed by atoms with Gasteiger partial charge in [0.15, 0.2) is 5.69 Å². The third-order valence-corrected chi connectivity index (χ3v) is 4.64. The minimum Gasteiger partial charge on any atom is -0.237 e. The standard InChI is InChI=1S/C17H14F3N3O2S/c18-17(19,20)16-11-14(10-12-4-2-1-3-5-12)23(22-16)13-6-8-15(9-7-13)26(21,24)25/h1-9,11H,10H2,(H2,21,24,25). The molecule has 0 aliphatic heterocycles. The second-order valence-corrected chi connectivity index (χ2v) is 7.19. The van der Waals surface area contributed by atoms with Gasteiger partial charge in [0.1, 0.15) is 0 Å². The van der Waals surface area contributed by atoms with Crippen LogP contribution in [0.15, 0.2) is 65.6 Å². The number of halogens is 3. The molecule has 1 heterocycles. The van der Waals surface area contributed by atoms with Crippen molar-refractivity contribution in [1.82, 2.24) is 9.78 Å². The highest BCUT2D eigenvalue weighted by Gasteiger charge is 2.35. The molecule has 1 aromatic heterocycles. The summed E-state index contributed by atoms with van der Waals surface area (Å²) in [6.45, 7) is 0. The Labute approximate surface area is 147 Å². The number of aromatic nitrogens is 2. The van der Waals surface area contributed by atoms with Gasteiger partial charge in [-0.05, 0) is 35.9 Å². The van der Waals surface area contributed by atoms with Crippen LogP contribution in [0.5, 0.6) is 0 Å². The molecule has 0 bridgehead atoms. The van der Waals surface area contributed by atoms with Crippen molar-refractivity contribution in [2.45, 2.75) is 17.5 Å². The zero-order chi connectivity index (χ0) is 18.9. The molecule has 0 saturated heterocycles. The highest BCUT2D eigenvalue weighted by atomic mass is 32.2. The van der Waals surface area contributed by atoms with Gasteiger partial charge in [-0.2, -0.15) is 18.3 Å². The maximum Gasteiger partial charge on any atom is 0.435 e. The molecule has 0 fully saturated rings. The van der Waals surface area contributed by atoms with Crippen molar-refractivity contribution < 1.29 is 21.6 Å². The molecular weight excluding hydrogens is 367 g/mol. The minimum absolute atomic E-state index is 0.130. The highest BCUT2D eigenvalue weighted by molar-refractivity contribution is 7.89. The number of nitrogens with zero attached hydrogens (tertiary/aromatic N) is 2. The van der Waals surface area contributed by atoms with E-state index in [9.17, 15) is 21.6 Å². The van der Waals surface area contributed by atoms with Crippen LogP contribution in [0.25, 0.3) is 5.69 Å². The summed E-state index contributed by atoms with van der Waals surface area (Å²) in [6, 6.07) is 15.2. The number of benzene rings is 2. The second-order valence-electron chi connectivity index (χ2n) is 5.63. The SMILES string of the molecule is NS(=O)(=O)c1ccc(-n2nc(C(F)(F)F)cc2Cc2ccccc2)cc1. The molecule has 9 heteroatoms. The van der Waals surface area contributed by atoms with Crippen molar-refractivity contribution in [1.29, 1.82) is 0 Å². The van der Waals surface area contributed by atoms with Crippen LogP contribution in [-0.4, -0.2) is 18.2 Å². The van der Waals surface area contributed by atoms with Crippen molar-refractivity contribution >= 4 is 10.0 Å². The van der Waals surface area contributed by atoms with Gasteiger partial charge < -0.3 is 0 Å². The summed E-state index contributed by atoms with van der Waals surface area (Å²) in [4.78, 5) is -0.130. The molecule has 3 rings (SSSR count). The first-order valence-electron chi connectivity index (χ1n) is 7.48. The highest BCUT2D eigenvalue weighted by Crippen LogP contribution is 2.30. The molecule has 26 heavy (non-hydrogen) atoms. The summed E-state index contributed by atoms with van der Waals surface area (Å²) < 4.78 is 63.1. The third-order valence-electron chi connectivity index (χ3n) is 3.71. The van der Waals surface area contributed by atoms with Gasteiger partial charge in [-0.3, -0.25) is 0 Å². The Morgan fingerprint density at radius 3 is 2.15 bits per heavy atom. The van der Waals surface area contributed by atoms with Crippen molar-refractivity contribution in [3.05, 3.63) is 77.6 Å². The minimum atomic E-state index is -4.59. The number of hydrogen-bond acceptors (Lipinski definition) is 3. The van der Waals surface area contributed by atoms with Crippen LogP contribution >= 0.6 is 0 Å². The lowest BCUT2D eigenvalue weighted by Crippen LogP contribution is -2.12. The largest absolute Gasteiger partial charge is 0.435 e. The third kappa shape index (κ3) is 3.94. The van der Waals surface area contributed by atoms with E-state index in [1.54, 1.807) is 24.3 Å². The molecule has 0 atom stereocenters. The van der Waals surface area contributed by atoms with E-state index in [2.05, 4.69) is 5.10 Å². The Morgan fingerprint density at radius 2 is 1.62 bits per heavy atom. The Bertz CT molecular complexity index is 1010. The molecule has 0 saturated carbocycles. The van der Waals surface area contributed by atoms with Gasteiger partial charge >= 0.3 is 6.18 Å². The van der Waals surface area contributed by atoms with Crippen LogP contribution in [0, 0.1) is 0 Å². The Kier molecular flexibility index (Phi) is 4.59. The molecule has 136 valence electrons. The zero-order valence-electron chi connectivity index (χ0n) is 13.3. The summed E-state index contributed by atoms with van der Waals surface area (Å²) in [5.41, 5.74) is 0.438. The van der Waals surface area contributed by atoms with Gasteiger partial charge in [0.2, 0.25) is 10.0 Å². The van der Waals surface area contributed by atoms with Gasteiger partial charge in [0.25, 0.3) is 0 Å². The lowest BCUT2D eigenvalue weighted by Gasteiger charge is -2.08.